The van der Waals surface area contributed by atoms with Crippen LogP contribution >= 0.6 is 0 Å². The largest absolute Gasteiger partial charge is 0.429 e. The van der Waals surface area contributed by atoms with Gasteiger partial charge in [0.1, 0.15) is 5.76 Å². The third kappa shape index (κ3) is 2.38. The van der Waals surface area contributed by atoms with Gasteiger partial charge in [-0.05, 0) is 13.3 Å². The van der Waals surface area contributed by atoms with Gasteiger partial charge in [-0.3, -0.25) is 10.1 Å². The molecule has 4 heteroatoms. The molecule has 0 saturated heterocycles. The number of rotatable bonds is 3. The number of oxazole rings is 1. The lowest BCUT2D eigenvalue weighted by Gasteiger charge is -1.96. The lowest BCUT2D eigenvalue weighted by Crippen LogP contribution is -2.10. The number of carbonyl (C=O) groups is 1. The molecule has 4 nitrogen and oxygen atoms in total. The Hall–Kier alpha value is -1.32. The van der Waals surface area contributed by atoms with E-state index in [0.717, 1.165) is 6.42 Å². The Morgan fingerprint density at radius 1 is 1.75 bits per heavy atom. The molecule has 0 aliphatic carbocycles. The first-order valence-electron chi connectivity index (χ1n) is 3.94. The third-order valence-corrected chi connectivity index (χ3v) is 1.34. The number of nitrogens with zero attached hydrogens (tertiary/aromatic N) is 1. The summed E-state index contributed by atoms with van der Waals surface area (Å²) in [5, 5.41) is 2.55. The minimum absolute atomic E-state index is 0.0562. The highest BCUT2D eigenvalue weighted by atomic mass is 16.4. The molecule has 0 aromatic carbocycles. The first-order chi connectivity index (χ1) is 5.72. The first kappa shape index (κ1) is 8.77. The second-order valence-corrected chi connectivity index (χ2v) is 2.57. The van der Waals surface area contributed by atoms with Crippen LogP contribution in [0, 0.1) is 6.92 Å². The number of hydrogen-bond acceptors (Lipinski definition) is 3. The maximum atomic E-state index is 11.0. The zero-order valence-electron chi connectivity index (χ0n) is 7.26. The normalized spacial score (nSPS) is 9.83. The van der Waals surface area contributed by atoms with Crippen molar-refractivity contribution in [3.05, 3.63) is 12.0 Å². The maximum Gasteiger partial charge on any atom is 0.301 e. The van der Waals surface area contributed by atoms with E-state index >= 15 is 0 Å². The van der Waals surface area contributed by atoms with Crippen LogP contribution in [0.3, 0.4) is 0 Å². The van der Waals surface area contributed by atoms with E-state index in [1.54, 1.807) is 13.1 Å². The fourth-order valence-electron chi connectivity index (χ4n) is 0.821. The summed E-state index contributed by atoms with van der Waals surface area (Å²) < 4.78 is 5.06. The highest BCUT2D eigenvalue weighted by molar-refractivity contribution is 5.88. The molecule has 0 bridgehead atoms. The molecule has 0 fully saturated rings. The topological polar surface area (TPSA) is 55.1 Å². The molecule has 1 aromatic rings. The standard InChI is InChI=1S/C8H12N2O2/c1-3-4-7(11)10-8-9-5-6(2)12-8/h5H,3-4H2,1-2H3,(H,9,10,11). The molecule has 1 N–H and O–H groups in total. The van der Waals surface area contributed by atoms with Crippen LogP contribution in [0.2, 0.25) is 0 Å². The van der Waals surface area contributed by atoms with E-state index in [0.29, 0.717) is 12.2 Å². The van der Waals surface area contributed by atoms with Crippen molar-refractivity contribution in [3.8, 4) is 0 Å². The van der Waals surface area contributed by atoms with Gasteiger partial charge in [-0.15, -0.1) is 0 Å². The summed E-state index contributed by atoms with van der Waals surface area (Å²) >= 11 is 0. The van der Waals surface area contributed by atoms with Crippen LogP contribution < -0.4 is 5.32 Å². The molecule has 66 valence electrons. The second kappa shape index (κ2) is 3.90. The molecule has 0 atom stereocenters. The van der Waals surface area contributed by atoms with E-state index in [-0.39, 0.29) is 11.9 Å². The number of hydrogen-bond donors (Lipinski definition) is 1. The van der Waals surface area contributed by atoms with Crippen molar-refractivity contribution >= 4 is 11.9 Å². The Morgan fingerprint density at radius 3 is 3.00 bits per heavy atom. The van der Waals surface area contributed by atoms with Gasteiger partial charge >= 0.3 is 6.01 Å². The van der Waals surface area contributed by atoms with E-state index in [9.17, 15) is 4.79 Å². The summed E-state index contributed by atoms with van der Waals surface area (Å²) in [5.41, 5.74) is 0. The minimum Gasteiger partial charge on any atom is -0.429 e. The minimum atomic E-state index is -0.0562. The molecular weight excluding hydrogens is 156 g/mol. The Balaban J connectivity index is 2.46. The SMILES string of the molecule is CCCC(=O)Nc1ncc(C)o1. The van der Waals surface area contributed by atoms with Crippen molar-refractivity contribution in [2.45, 2.75) is 26.7 Å². The molecule has 12 heavy (non-hydrogen) atoms. The van der Waals surface area contributed by atoms with Gasteiger partial charge in [-0.1, -0.05) is 6.92 Å². The molecule has 0 saturated carbocycles. The van der Waals surface area contributed by atoms with Gasteiger partial charge < -0.3 is 4.42 Å². The molecule has 0 radical (unpaired) electrons. The molecule has 1 rings (SSSR count). The van der Waals surface area contributed by atoms with Gasteiger partial charge in [-0.2, -0.15) is 0 Å². The van der Waals surface area contributed by atoms with E-state index in [4.69, 9.17) is 4.42 Å². The molecule has 0 aliphatic rings. The van der Waals surface area contributed by atoms with E-state index in [2.05, 4.69) is 10.3 Å². The van der Waals surface area contributed by atoms with Crippen LogP contribution in [-0.4, -0.2) is 10.9 Å². The number of aromatic nitrogens is 1. The molecule has 0 unspecified atom stereocenters. The van der Waals surface area contributed by atoms with Crippen LogP contribution in [0.5, 0.6) is 0 Å². The van der Waals surface area contributed by atoms with Gasteiger partial charge in [0.15, 0.2) is 0 Å². The summed E-state index contributed by atoms with van der Waals surface area (Å²) in [7, 11) is 0. The Morgan fingerprint density at radius 2 is 2.50 bits per heavy atom. The Labute approximate surface area is 71.0 Å². The predicted molar refractivity (Wildman–Crippen MR) is 44.8 cm³/mol. The van der Waals surface area contributed by atoms with Crippen molar-refractivity contribution in [3.63, 3.8) is 0 Å². The molecule has 1 amide bonds. The van der Waals surface area contributed by atoms with E-state index < -0.39 is 0 Å². The average Bonchev–Trinajstić information content (AvgIpc) is 2.36. The van der Waals surface area contributed by atoms with Crippen LogP contribution in [0.25, 0.3) is 0 Å². The molecular formula is C8H12N2O2. The van der Waals surface area contributed by atoms with Gasteiger partial charge in [-0.25, -0.2) is 4.98 Å². The van der Waals surface area contributed by atoms with Crippen molar-refractivity contribution < 1.29 is 9.21 Å². The van der Waals surface area contributed by atoms with Crippen molar-refractivity contribution in [2.75, 3.05) is 5.32 Å². The average molecular weight is 168 g/mol. The lowest BCUT2D eigenvalue weighted by molar-refractivity contribution is -0.116. The molecule has 0 aliphatic heterocycles. The van der Waals surface area contributed by atoms with Gasteiger partial charge in [0.05, 0.1) is 6.20 Å². The van der Waals surface area contributed by atoms with E-state index in [1.165, 1.54) is 0 Å². The number of carbonyl (C=O) groups excluding carboxylic acids is 1. The summed E-state index contributed by atoms with van der Waals surface area (Å²) in [6.07, 6.45) is 2.90. The molecule has 1 aromatic heterocycles. The van der Waals surface area contributed by atoms with Crippen molar-refractivity contribution in [2.24, 2.45) is 0 Å². The summed E-state index contributed by atoms with van der Waals surface area (Å²) in [4.78, 5) is 14.8. The monoisotopic (exact) mass is 168 g/mol. The second-order valence-electron chi connectivity index (χ2n) is 2.57. The highest BCUT2D eigenvalue weighted by Crippen LogP contribution is 2.07. The van der Waals surface area contributed by atoms with Crippen LogP contribution in [-0.2, 0) is 4.79 Å². The van der Waals surface area contributed by atoms with E-state index in [1.807, 2.05) is 6.92 Å². The summed E-state index contributed by atoms with van der Waals surface area (Å²) in [6, 6.07) is 0.283. The van der Waals surface area contributed by atoms with Gasteiger partial charge in [0.25, 0.3) is 0 Å². The predicted octanol–water partition coefficient (Wildman–Crippen LogP) is 1.72. The Kier molecular flexibility index (Phi) is 2.85. The first-order valence-corrected chi connectivity index (χ1v) is 3.94. The van der Waals surface area contributed by atoms with Crippen LogP contribution in [0.4, 0.5) is 6.01 Å². The highest BCUT2D eigenvalue weighted by Gasteiger charge is 2.04. The number of anilines is 1. The zero-order valence-corrected chi connectivity index (χ0v) is 7.26. The number of aryl methyl sites for hydroxylation is 1. The number of nitrogens with one attached hydrogen (secondary N) is 1. The quantitative estimate of drug-likeness (QED) is 0.747. The van der Waals surface area contributed by atoms with Crippen LogP contribution in [0.1, 0.15) is 25.5 Å². The molecule has 1 heterocycles. The summed E-state index contributed by atoms with van der Waals surface area (Å²) in [6.45, 7) is 3.73. The number of amides is 1. The van der Waals surface area contributed by atoms with Gasteiger partial charge in [0.2, 0.25) is 5.91 Å². The molecule has 0 spiro atoms. The Bertz CT molecular complexity index is 268. The van der Waals surface area contributed by atoms with Gasteiger partial charge in [0, 0.05) is 6.42 Å². The summed E-state index contributed by atoms with van der Waals surface area (Å²) in [5.74, 6) is 0.640. The fourth-order valence-corrected chi connectivity index (χ4v) is 0.821. The third-order valence-electron chi connectivity index (χ3n) is 1.34. The smallest absolute Gasteiger partial charge is 0.301 e. The zero-order chi connectivity index (χ0) is 8.97. The fraction of sp³-hybridized carbons (Fsp3) is 0.500. The maximum absolute atomic E-state index is 11.0. The van der Waals surface area contributed by atoms with Crippen molar-refractivity contribution in [1.82, 2.24) is 4.98 Å². The lowest BCUT2D eigenvalue weighted by atomic mass is 10.3. The van der Waals surface area contributed by atoms with Crippen molar-refractivity contribution in [1.29, 1.82) is 0 Å². The van der Waals surface area contributed by atoms with Crippen LogP contribution in [0.15, 0.2) is 10.6 Å².